The Balaban J connectivity index is 1.56. The Kier molecular flexibility index (Phi) is 3.77. The van der Waals surface area contributed by atoms with Gasteiger partial charge in [-0.1, -0.05) is 11.6 Å². The maximum absolute atomic E-state index is 5.88. The van der Waals surface area contributed by atoms with Crippen LogP contribution in [0, 0.1) is 0 Å². The number of rotatable bonds is 3. The van der Waals surface area contributed by atoms with E-state index in [0.717, 1.165) is 13.2 Å². The van der Waals surface area contributed by atoms with Crippen molar-refractivity contribution in [1.29, 1.82) is 0 Å². The molecule has 0 aliphatic carbocycles. The zero-order valence-corrected chi connectivity index (χ0v) is 11.6. The first kappa shape index (κ1) is 13.0. The summed E-state index contributed by atoms with van der Waals surface area (Å²) in [7, 11) is 0. The second-order valence-corrected chi connectivity index (χ2v) is 5.59. The summed E-state index contributed by atoms with van der Waals surface area (Å²) >= 11 is 5.87. The molecule has 2 unspecified atom stereocenters. The molecule has 1 aromatic rings. The quantitative estimate of drug-likeness (QED) is 0.825. The topological polar surface area (TPSA) is 63.4 Å². The molecule has 3 rings (SSSR count). The second kappa shape index (κ2) is 5.53. The van der Waals surface area contributed by atoms with E-state index < -0.39 is 0 Å². The van der Waals surface area contributed by atoms with Gasteiger partial charge >= 0.3 is 0 Å². The maximum Gasteiger partial charge on any atom is 0.151 e. The van der Waals surface area contributed by atoms with Crippen LogP contribution in [0.25, 0.3) is 0 Å². The summed E-state index contributed by atoms with van der Waals surface area (Å²) in [5.41, 5.74) is 6.47. The van der Waals surface area contributed by atoms with E-state index in [0.29, 0.717) is 29.2 Å². The van der Waals surface area contributed by atoms with Crippen LogP contribution in [0.3, 0.4) is 0 Å². The van der Waals surface area contributed by atoms with Gasteiger partial charge in [0.05, 0.1) is 18.4 Å². The number of hydrogen-bond donors (Lipinski definition) is 2. The van der Waals surface area contributed by atoms with Crippen LogP contribution in [0.1, 0.15) is 12.8 Å². The SMILES string of the molecule is Nc1ccc(Cl)nc1NCC1CN2CCCC2CO1. The minimum absolute atomic E-state index is 0.189. The zero-order chi connectivity index (χ0) is 13.2. The molecule has 2 aliphatic heterocycles. The lowest BCUT2D eigenvalue weighted by molar-refractivity contribution is -0.0415. The monoisotopic (exact) mass is 282 g/mol. The zero-order valence-electron chi connectivity index (χ0n) is 10.8. The summed E-state index contributed by atoms with van der Waals surface area (Å²) in [4.78, 5) is 6.70. The number of pyridine rings is 1. The lowest BCUT2D eigenvalue weighted by Gasteiger charge is -2.35. The third-order valence-electron chi connectivity index (χ3n) is 3.85. The number of morpholine rings is 1. The molecule has 0 spiro atoms. The first-order valence-corrected chi connectivity index (χ1v) is 7.12. The summed E-state index contributed by atoms with van der Waals surface area (Å²) in [5, 5.41) is 3.68. The number of aromatic nitrogens is 1. The van der Waals surface area contributed by atoms with Crippen LogP contribution < -0.4 is 11.1 Å². The van der Waals surface area contributed by atoms with Gasteiger partial charge in [0.1, 0.15) is 5.15 Å². The summed E-state index contributed by atoms with van der Waals surface area (Å²) in [6.45, 7) is 3.73. The molecule has 3 heterocycles. The number of nitrogens with zero attached hydrogens (tertiary/aromatic N) is 2. The van der Waals surface area contributed by atoms with E-state index in [1.165, 1.54) is 19.4 Å². The number of ether oxygens (including phenoxy) is 1. The molecular weight excluding hydrogens is 264 g/mol. The number of halogens is 1. The van der Waals surface area contributed by atoms with Crippen LogP contribution in [0.5, 0.6) is 0 Å². The molecule has 0 bridgehead atoms. The molecule has 3 N–H and O–H groups in total. The Hall–Kier alpha value is -1.04. The fourth-order valence-electron chi connectivity index (χ4n) is 2.81. The molecule has 2 aliphatic rings. The van der Waals surface area contributed by atoms with Gasteiger partial charge in [-0.2, -0.15) is 0 Å². The largest absolute Gasteiger partial charge is 0.396 e. The predicted molar refractivity (Wildman–Crippen MR) is 76.5 cm³/mol. The van der Waals surface area contributed by atoms with Gasteiger partial charge in [-0.15, -0.1) is 0 Å². The van der Waals surface area contributed by atoms with Crippen LogP contribution in [0.15, 0.2) is 12.1 Å². The Labute approximate surface area is 118 Å². The molecule has 2 fully saturated rings. The van der Waals surface area contributed by atoms with E-state index in [1.54, 1.807) is 12.1 Å². The van der Waals surface area contributed by atoms with Gasteiger partial charge in [0, 0.05) is 19.1 Å². The Morgan fingerprint density at radius 2 is 2.42 bits per heavy atom. The van der Waals surface area contributed by atoms with Crippen LogP contribution in [0.4, 0.5) is 11.5 Å². The molecule has 0 radical (unpaired) electrons. The smallest absolute Gasteiger partial charge is 0.151 e. The summed E-state index contributed by atoms with van der Waals surface area (Å²) < 4.78 is 5.88. The van der Waals surface area contributed by atoms with Crippen LogP contribution in [-0.4, -0.2) is 48.3 Å². The number of nitrogen functional groups attached to an aromatic ring is 1. The van der Waals surface area contributed by atoms with Gasteiger partial charge in [0.15, 0.2) is 5.82 Å². The standard InChI is InChI=1S/C13H19ClN4O/c14-12-4-3-11(15)13(17-12)16-6-10-7-18-5-1-2-9(18)8-19-10/h3-4,9-10H,1-2,5-8,15H2,(H,16,17). The third-order valence-corrected chi connectivity index (χ3v) is 4.06. The number of hydrogen-bond acceptors (Lipinski definition) is 5. The Morgan fingerprint density at radius 1 is 1.53 bits per heavy atom. The van der Waals surface area contributed by atoms with E-state index in [1.807, 2.05) is 0 Å². The molecule has 2 atom stereocenters. The normalized spacial score (nSPS) is 27.2. The maximum atomic E-state index is 5.88. The molecule has 0 saturated carbocycles. The van der Waals surface area contributed by atoms with Crippen molar-refractivity contribution < 1.29 is 4.74 Å². The summed E-state index contributed by atoms with van der Waals surface area (Å²) in [5.74, 6) is 0.639. The number of anilines is 2. The lowest BCUT2D eigenvalue weighted by atomic mass is 10.2. The highest BCUT2D eigenvalue weighted by Gasteiger charge is 2.32. The van der Waals surface area contributed by atoms with Crippen molar-refractivity contribution >= 4 is 23.1 Å². The molecule has 19 heavy (non-hydrogen) atoms. The van der Waals surface area contributed by atoms with Crippen molar-refractivity contribution in [3.05, 3.63) is 17.3 Å². The van der Waals surface area contributed by atoms with E-state index in [9.17, 15) is 0 Å². The first-order chi connectivity index (χ1) is 9.22. The molecule has 2 saturated heterocycles. The van der Waals surface area contributed by atoms with E-state index >= 15 is 0 Å². The minimum Gasteiger partial charge on any atom is -0.396 e. The first-order valence-electron chi connectivity index (χ1n) is 6.74. The van der Waals surface area contributed by atoms with Gasteiger partial charge in [0.2, 0.25) is 0 Å². The predicted octanol–water partition coefficient (Wildman–Crippen LogP) is 1.59. The molecule has 0 amide bonds. The Bertz CT molecular complexity index is 456. The van der Waals surface area contributed by atoms with Gasteiger partial charge < -0.3 is 15.8 Å². The molecule has 5 nitrogen and oxygen atoms in total. The van der Waals surface area contributed by atoms with Crippen molar-refractivity contribution in [1.82, 2.24) is 9.88 Å². The molecule has 1 aromatic heterocycles. The summed E-state index contributed by atoms with van der Waals surface area (Å²) in [6.07, 6.45) is 2.74. The van der Waals surface area contributed by atoms with E-state index in [-0.39, 0.29) is 6.10 Å². The van der Waals surface area contributed by atoms with Crippen molar-refractivity contribution in [2.24, 2.45) is 0 Å². The van der Waals surface area contributed by atoms with E-state index in [2.05, 4.69) is 15.2 Å². The highest BCUT2D eigenvalue weighted by Crippen LogP contribution is 2.23. The molecule has 104 valence electrons. The van der Waals surface area contributed by atoms with Gasteiger partial charge in [-0.25, -0.2) is 4.98 Å². The number of nitrogens with two attached hydrogens (primary N) is 1. The molecular formula is C13H19ClN4O. The molecule has 6 heteroatoms. The fraction of sp³-hybridized carbons (Fsp3) is 0.615. The van der Waals surface area contributed by atoms with Gasteiger partial charge in [-0.3, -0.25) is 4.90 Å². The van der Waals surface area contributed by atoms with Crippen molar-refractivity contribution in [2.45, 2.75) is 25.0 Å². The average molecular weight is 283 g/mol. The second-order valence-electron chi connectivity index (χ2n) is 5.20. The van der Waals surface area contributed by atoms with Crippen molar-refractivity contribution in [3.63, 3.8) is 0 Å². The highest BCUT2D eigenvalue weighted by molar-refractivity contribution is 6.29. The third kappa shape index (κ3) is 2.94. The number of nitrogens with one attached hydrogen (secondary N) is 1. The van der Waals surface area contributed by atoms with E-state index in [4.69, 9.17) is 22.1 Å². The van der Waals surface area contributed by atoms with Crippen LogP contribution in [-0.2, 0) is 4.74 Å². The average Bonchev–Trinajstić information content (AvgIpc) is 2.87. The lowest BCUT2D eigenvalue weighted by Crippen LogP contribution is -2.48. The number of fused-ring (bicyclic) bond motifs is 1. The highest BCUT2D eigenvalue weighted by atomic mass is 35.5. The van der Waals surface area contributed by atoms with Crippen molar-refractivity contribution in [2.75, 3.05) is 37.3 Å². The van der Waals surface area contributed by atoms with Gasteiger partial charge in [-0.05, 0) is 31.5 Å². The fourth-order valence-corrected chi connectivity index (χ4v) is 2.95. The van der Waals surface area contributed by atoms with Gasteiger partial charge in [0.25, 0.3) is 0 Å². The summed E-state index contributed by atoms with van der Waals surface area (Å²) in [6, 6.07) is 4.08. The van der Waals surface area contributed by atoms with Crippen molar-refractivity contribution in [3.8, 4) is 0 Å². The Morgan fingerprint density at radius 3 is 3.32 bits per heavy atom. The van der Waals surface area contributed by atoms with Crippen LogP contribution >= 0.6 is 11.6 Å². The minimum atomic E-state index is 0.189. The van der Waals surface area contributed by atoms with Crippen LogP contribution in [0.2, 0.25) is 5.15 Å². The molecule has 0 aromatic carbocycles.